The minimum Gasteiger partial charge on any atom is -0.391 e. The van der Waals surface area contributed by atoms with Crippen LogP contribution >= 0.6 is 0 Å². The molecule has 0 N–H and O–H groups in total. The Kier molecular flexibility index (Phi) is 4.66. The predicted octanol–water partition coefficient (Wildman–Crippen LogP) is 1.68. The van der Waals surface area contributed by atoms with Crippen molar-refractivity contribution >= 4 is 11.9 Å². The van der Waals surface area contributed by atoms with Crippen molar-refractivity contribution in [1.82, 2.24) is 0 Å². The van der Waals surface area contributed by atoms with Gasteiger partial charge < -0.3 is 9.47 Å². The van der Waals surface area contributed by atoms with Crippen molar-refractivity contribution in [1.29, 1.82) is 0 Å². The lowest BCUT2D eigenvalue weighted by Gasteiger charge is -2.10. The molecule has 0 aliphatic carbocycles. The molecule has 1 aromatic carbocycles. The van der Waals surface area contributed by atoms with Crippen LogP contribution in [0.15, 0.2) is 30.3 Å². The number of esters is 2. The first kappa shape index (κ1) is 12.4. The molecule has 4 nitrogen and oxygen atoms in total. The lowest BCUT2D eigenvalue weighted by atomic mass is 10.2. The van der Waals surface area contributed by atoms with Crippen LogP contribution in [0, 0.1) is 0 Å². The van der Waals surface area contributed by atoms with Crippen LogP contribution in [0.1, 0.15) is 19.4 Å². The molecule has 0 spiro atoms. The van der Waals surface area contributed by atoms with Gasteiger partial charge in [-0.1, -0.05) is 30.3 Å². The Hall–Kier alpha value is -1.68. The van der Waals surface area contributed by atoms with E-state index in [-0.39, 0.29) is 0 Å². The summed E-state index contributed by atoms with van der Waals surface area (Å²) in [6.07, 6.45) is -0.746. The lowest BCUT2D eigenvalue weighted by Crippen LogP contribution is -2.24. The van der Waals surface area contributed by atoms with Crippen molar-refractivity contribution in [3.05, 3.63) is 35.9 Å². The average molecular weight is 222 g/mol. The second kappa shape index (κ2) is 6.02. The molecular weight excluding hydrogens is 208 g/mol. The molecule has 0 fully saturated rings. The highest BCUT2D eigenvalue weighted by molar-refractivity contribution is 5.86. The smallest absolute Gasteiger partial charge is 0.342 e. The van der Waals surface area contributed by atoms with Gasteiger partial charge in [0.25, 0.3) is 0 Å². The second-order valence-corrected chi connectivity index (χ2v) is 3.35. The summed E-state index contributed by atoms with van der Waals surface area (Å²) in [5.74, 6) is -1.29. The summed E-state index contributed by atoms with van der Waals surface area (Å²) in [6, 6.07) is 9.46. The van der Waals surface area contributed by atoms with E-state index in [4.69, 9.17) is 4.74 Å². The van der Waals surface area contributed by atoms with Gasteiger partial charge >= 0.3 is 11.9 Å². The van der Waals surface area contributed by atoms with Crippen LogP contribution in [0.3, 0.4) is 0 Å². The zero-order chi connectivity index (χ0) is 12.0. The number of carbonyl (C=O) groups excluding carboxylic acids is 2. The van der Waals surface area contributed by atoms with Crippen molar-refractivity contribution in [2.75, 3.05) is 0 Å². The van der Waals surface area contributed by atoms with E-state index < -0.39 is 18.0 Å². The summed E-state index contributed by atoms with van der Waals surface area (Å²) in [6.45, 7) is 3.05. The molecule has 0 amide bonds. The topological polar surface area (TPSA) is 52.6 Å². The zero-order valence-corrected chi connectivity index (χ0v) is 9.30. The van der Waals surface area contributed by atoms with Crippen molar-refractivity contribution in [2.24, 2.45) is 0 Å². The molecule has 0 radical (unpaired) electrons. The third-order valence-corrected chi connectivity index (χ3v) is 1.92. The van der Waals surface area contributed by atoms with Gasteiger partial charge in [0.2, 0.25) is 0 Å². The highest BCUT2D eigenvalue weighted by Crippen LogP contribution is 2.04. The van der Waals surface area contributed by atoms with E-state index >= 15 is 0 Å². The number of hydrogen-bond acceptors (Lipinski definition) is 4. The van der Waals surface area contributed by atoms with E-state index in [1.807, 2.05) is 30.3 Å². The van der Waals surface area contributed by atoms with Crippen LogP contribution in [-0.2, 0) is 25.7 Å². The van der Waals surface area contributed by atoms with E-state index in [0.29, 0.717) is 6.61 Å². The largest absolute Gasteiger partial charge is 0.391 e. The zero-order valence-electron chi connectivity index (χ0n) is 9.30. The lowest BCUT2D eigenvalue weighted by molar-refractivity contribution is -0.166. The summed E-state index contributed by atoms with van der Waals surface area (Å²) in [5.41, 5.74) is 0.963. The molecule has 0 aromatic heterocycles. The van der Waals surface area contributed by atoms with Gasteiger partial charge in [0.05, 0.1) is 6.61 Å². The molecule has 86 valence electrons. The predicted molar refractivity (Wildman–Crippen MR) is 57.5 cm³/mol. The minimum absolute atomic E-state index is 0.314. The van der Waals surface area contributed by atoms with Crippen LogP contribution < -0.4 is 0 Å². The first-order valence-corrected chi connectivity index (χ1v) is 4.97. The van der Waals surface area contributed by atoms with Crippen molar-refractivity contribution < 1.29 is 19.1 Å². The number of carbonyl (C=O) groups is 2. The SMILES string of the molecule is CC(=O)OC(=O)C(C)OCc1ccccc1. The van der Waals surface area contributed by atoms with E-state index in [2.05, 4.69) is 4.74 Å². The van der Waals surface area contributed by atoms with Gasteiger partial charge in [-0.05, 0) is 12.5 Å². The van der Waals surface area contributed by atoms with Crippen molar-refractivity contribution in [3.63, 3.8) is 0 Å². The molecule has 1 unspecified atom stereocenters. The second-order valence-electron chi connectivity index (χ2n) is 3.35. The third kappa shape index (κ3) is 4.23. The van der Waals surface area contributed by atoms with E-state index in [0.717, 1.165) is 5.56 Å². The van der Waals surface area contributed by atoms with Gasteiger partial charge in [-0.2, -0.15) is 0 Å². The van der Waals surface area contributed by atoms with Gasteiger partial charge in [-0.25, -0.2) is 4.79 Å². The first-order valence-electron chi connectivity index (χ1n) is 4.97. The molecule has 0 aliphatic rings. The van der Waals surface area contributed by atoms with Crippen LogP contribution in [0.4, 0.5) is 0 Å². The Morgan fingerprint density at radius 3 is 2.44 bits per heavy atom. The molecule has 0 aliphatic heterocycles. The standard InChI is InChI=1S/C12H14O4/c1-9(12(14)16-10(2)13)15-8-11-6-4-3-5-7-11/h3-7,9H,8H2,1-2H3. The van der Waals surface area contributed by atoms with Gasteiger partial charge in [0.1, 0.15) is 0 Å². The van der Waals surface area contributed by atoms with E-state index in [1.165, 1.54) is 6.92 Å². The van der Waals surface area contributed by atoms with Crippen LogP contribution in [0.25, 0.3) is 0 Å². The maximum absolute atomic E-state index is 11.2. The van der Waals surface area contributed by atoms with Gasteiger partial charge in [-0.3, -0.25) is 4.79 Å². The fourth-order valence-corrected chi connectivity index (χ4v) is 1.09. The molecule has 1 aromatic rings. The molecule has 0 heterocycles. The van der Waals surface area contributed by atoms with E-state index in [1.54, 1.807) is 6.92 Å². The molecule has 0 saturated heterocycles. The summed E-state index contributed by atoms with van der Waals surface area (Å²) in [7, 11) is 0. The summed E-state index contributed by atoms with van der Waals surface area (Å²) < 4.78 is 9.66. The first-order chi connectivity index (χ1) is 7.59. The van der Waals surface area contributed by atoms with Crippen molar-refractivity contribution in [3.8, 4) is 0 Å². The molecule has 1 rings (SSSR count). The van der Waals surface area contributed by atoms with Gasteiger partial charge in [0, 0.05) is 6.92 Å². The van der Waals surface area contributed by atoms with Crippen LogP contribution in [0.5, 0.6) is 0 Å². The van der Waals surface area contributed by atoms with Crippen molar-refractivity contribution in [2.45, 2.75) is 26.6 Å². The molecule has 4 heteroatoms. The summed E-state index contributed by atoms with van der Waals surface area (Å²) in [5, 5.41) is 0. The Morgan fingerprint density at radius 2 is 1.88 bits per heavy atom. The monoisotopic (exact) mass is 222 g/mol. The quantitative estimate of drug-likeness (QED) is 0.574. The average Bonchev–Trinajstić information content (AvgIpc) is 2.26. The highest BCUT2D eigenvalue weighted by atomic mass is 16.6. The van der Waals surface area contributed by atoms with E-state index in [9.17, 15) is 9.59 Å². The molecule has 0 saturated carbocycles. The Balaban J connectivity index is 2.38. The summed E-state index contributed by atoms with van der Waals surface area (Å²) in [4.78, 5) is 21.7. The molecule has 16 heavy (non-hydrogen) atoms. The van der Waals surface area contributed by atoms with Gasteiger partial charge in [-0.15, -0.1) is 0 Å². The fourth-order valence-electron chi connectivity index (χ4n) is 1.09. The maximum atomic E-state index is 11.2. The molecular formula is C12H14O4. The van der Waals surface area contributed by atoms with Crippen LogP contribution in [0.2, 0.25) is 0 Å². The molecule has 1 atom stereocenters. The number of rotatable bonds is 4. The third-order valence-electron chi connectivity index (χ3n) is 1.92. The Labute approximate surface area is 94.2 Å². The number of hydrogen-bond donors (Lipinski definition) is 0. The highest BCUT2D eigenvalue weighted by Gasteiger charge is 2.16. The molecule has 0 bridgehead atoms. The minimum atomic E-state index is -0.746. The Bertz CT molecular complexity index is 359. The van der Waals surface area contributed by atoms with Crippen LogP contribution in [-0.4, -0.2) is 18.0 Å². The fraction of sp³-hybridized carbons (Fsp3) is 0.333. The number of benzene rings is 1. The summed E-state index contributed by atoms with van der Waals surface area (Å²) >= 11 is 0. The number of ether oxygens (including phenoxy) is 2. The Morgan fingerprint density at radius 1 is 1.25 bits per heavy atom. The maximum Gasteiger partial charge on any atom is 0.342 e. The van der Waals surface area contributed by atoms with Gasteiger partial charge in [0.15, 0.2) is 6.10 Å². The normalized spacial score (nSPS) is 11.9.